The minimum Gasteiger partial charge on any atom is -0.491 e. The van der Waals surface area contributed by atoms with Crippen LogP contribution in [0.5, 0.6) is 5.75 Å². The van der Waals surface area contributed by atoms with Gasteiger partial charge in [-0.15, -0.1) is 0 Å². The molecule has 0 aliphatic carbocycles. The number of ether oxygens (including phenoxy) is 1. The van der Waals surface area contributed by atoms with E-state index < -0.39 is 0 Å². The Morgan fingerprint density at radius 2 is 1.92 bits per heavy atom. The molecule has 2 amide bonds. The molecule has 0 saturated carbocycles. The Morgan fingerprint density at radius 3 is 2.76 bits per heavy atom. The summed E-state index contributed by atoms with van der Waals surface area (Å²) in [7, 11) is 2.06. The standard InChI is InChI=1S/C20H25N3O2/c1-23(18-9-3-2-4-10-18)13-7-12-21-20(24)22-17-14-16-8-5-6-11-19(16)25-15-17/h2-6,8-11,17H,7,12-15H2,1H3,(H2,21,22,24)/t17-/m0/s1. The Balaban J connectivity index is 1.35. The van der Waals surface area contributed by atoms with Crippen molar-refractivity contribution < 1.29 is 9.53 Å². The number of benzene rings is 2. The van der Waals surface area contributed by atoms with Crippen LogP contribution in [0.15, 0.2) is 54.6 Å². The molecule has 3 rings (SSSR count). The summed E-state index contributed by atoms with van der Waals surface area (Å²) in [6.07, 6.45) is 1.70. The fourth-order valence-electron chi connectivity index (χ4n) is 2.99. The maximum Gasteiger partial charge on any atom is 0.315 e. The molecule has 0 radical (unpaired) electrons. The van der Waals surface area contributed by atoms with E-state index in [2.05, 4.69) is 34.7 Å². The molecule has 0 spiro atoms. The lowest BCUT2D eigenvalue weighted by Crippen LogP contribution is -2.47. The second-order valence-corrected chi connectivity index (χ2v) is 6.33. The van der Waals surface area contributed by atoms with E-state index in [9.17, 15) is 4.79 Å². The zero-order chi connectivity index (χ0) is 17.5. The summed E-state index contributed by atoms with van der Waals surface area (Å²) in [5.41, 5.74) is 2.33. The van der Waals surface area contributed by atoms with Crippen LogP contribution in [0.1, 0.15) is 12.0 Å². The SMILES string of the molecule is CN(CCCNC(=O)N[C@@H]1COc2ccccc2C1)c1ccccc1. The van der Waals surface area contributed by atoms with Crippen molar-refractivity contribution in [2.45, 2.75) is 18.9 Å². The zero-order valence-electron chi connectivity index (χ0n) is 14.6. The number of carbonyl (C=O) groups is 1. The van der Waals surface area contributed by atoms with Crippen LogP contribution in [0.3, 0.4) is 0 Å². The molecule has 132 valence electrons. The average Bonchev–Trinajstić information content (AvgIpc) is 2.65. The highest BCUT2D eigenvalue weighted by atomic mass is 16.5. The van der Waals surface area contributed by atoms with Gasteiger partial charge in [-0.3, -0.25) is 0 Å². The minimum atomic E-state index is -0.129. The number of carbonyl (C=O) groups excluding carboxylic acids is 1. The topological polar surface area (TPSA) is 53.6 Å². The normalized spacial score (nSPS) is 15.6. The van der Waals surface area contributed by atoms with Crippen molar-refractivity contribution in [2.24, 2.45) is 0 Å². The molecule has 0 bridgehead atoms. The van der Waals surface area contributed by atoms with Crippen LogP contribution < -0.4 is 20.3 Å². The van der Waals surface area contributed by atoms with Crippen LogP contribution in [0.2, 0.25) is 0 Å². The fraction of sp³-hybridized carbons (Fsp3) is 0.350. The first-order chi connectivity index (χ1) is 12.2. The third-order valence-corrected chi connectivity index (χ3v) is 4.37. The van der Waals surface area contributed by atoms with Crippen LogP contribution in [0.4, 0.5) is 10.5 Å². The predicted molar refractivity (Wildman–Crippen MR) is 100 cm³/mol. The van der Waals surface area contributed by atoms with Gasteiger partial charge in [0.05, 0.1) is 6.04 Å². The van der Waals surface area contributed by atoms with Crippen LogP contribution >= 0.6 is 0 Å². The third kappa shape index (κ3) is 4.89. The van der Waals surface area contributed by atoms with Crippen molar-refractivity contribution in [3.05, 3.63) is 60.2 Å². The lowest BCUT2D eigenvalue weighted by atomic mass is 10.0. The first-order valence-corrected chi connectivity index (χ1v) is 8.73. The Kier molecular flexibility index (Phi) is 5.77. The van der Waals surface area contributed by atoms with Crippen molar-refractivity contribution in [3.8, 4) is 5.75 Å². The van der Waals surface area contributed by atoms with Crippen molar-refractivity contribution in [3.63, 3.8) is 0 Å². The number of urea groups is 1. The second kappa shape index (κ2) is 8.42. The van der Waals surface area contributed by atoms with Gasteiger partial charge in [0.2, 0.25) is 0 Å². The molecular formula is C20H25N3O2. The molecule has 2 aromatic rings. The smallest absolute Gasteiger partial charge is 0.315 e. The van der Waals surface area contributed by atoms with Crippen molar-refractivity contribution in [1.29, 1.82) is 0 Å². The molecule has 0 aromatic heterocycles. The lowest BCUT2D eigenvalue weighted by molar-refractivity contribution is 0.214. The highest BCUT2D eigenvalue weighted by Gasteiger charge is 2.20. The summed E-state index contributed by atoms with van der Waals surface area (Å²) in [6, 6.07) is 18.1. The molecule has 25 heavy (non-hydrogen) atoms. The molecule has 1 atom stereocenters. The van der Waals surface area contributed by atoms with Crippen molar-refractivity contribution in [2.75, 3.05) is 31.6 Å². The largest absolute Gasteiger partial charge is 0.491 e. The van der Waals surface area contributed by atoms with Gasteiger partial charge < -0.3 is 20.3 Å². The van der Waals surface area contributed by atoms with Crippen LogP contribution in [0.25, 0.3) is 0 Å². The lowest BCUT2D eigenvalue weighted by Gasteiger charge is -2.26. The van der Waals surface area contributed by atoms with Crippen molar-refractivity contribution >= 4 is 11.7 Å². The van der Waals surface area contributed by atoms with E-state index >= 15 is 0 Å². The summed E-state index contributed by atoms with van der Waals surface area (Å²) in [6.45, 7) is 2.05. The number of nitrogens with zero attached hydrogens (tertiary/aromatic N) is 1. The number of amides is 2. The highest BCUT2D eigenvalue weighted by molar-refractivity contribution is 5.74. The molecule has 0 unspecified atom stereocenters. The molecular weight excluding hydrogens is 314 g/mol. The van der Waals surface area contributed by atoms with E-state index in [1.165, 1.54) is 5.69 Å². The number of rotatable bonds is 6. The van der Waals surface area contributed by atoms with Gasteiger partial charge in [-0.1, -0.05) is 36.4 Å². The molecule has 5 heteroatoms. The first kappa shape index (κ1) is 17.1. The Labute approximate surface area is 149 Å². The van der Waals surface area contributed by atoms with Crippen LogP contribution in [-0.2, 0) is 6.42 Å². The van der Waals surface area contributed by atoms with Gasteiger partial charge in [-0.2, -0.15) is 0 Å². The summed E-state index contributed by atoms with van der Waals surface area (Å²) in [4.78, 5) is 14.2. The van der Waals surface area contributed by atoms with E-state index in [1.54, 1.807) is 0 Å². The van der Waals surface area contributed by atoms with Crippen LogP contribution in [0, 0.1) is 0 Å². The predicted octanol–water partition coefficient (Wildman–Crippen LogP) is 2.82. The number of hydrogen-bond donors (Lipinski definition) is 2. The molecule has 2 aromatic carbocycles. The number of fused-ring (bicyclic) bond motifs is 1. The average molecular weight is 339 g/mol. The Morgan fingerprint density at radius 1 is 1.16 bits per heavy atom. The Bertz CT molecular complexity index is 690. The summed E-state index contributed by atoms with van der Waals surface area (Å²) in [5, 5.41) is 5.92. The van der Waals surface area contributed by atoms with Gasteiger partial charge >= 0.3 is 6.03 Å². The second-order valence-electron chi connectivity index (χ2n) is 6.33. The monoisotopic (exact) mass is 339 g/mol. The third-order valence-electron chi connectivity index (χ3n) is 4.37. The molecule has 0 fully saturated rings. The molecule has 0 saturated heterocycles. The molecule has 1 aliphatic heterocycles. The molecule has 1 aliphatic rings. The van der Waals surface area contributed by atoms with E-state index in [0.29, 0.717) is 13.2 Å². The highest BCUT2D eigenvalue weighted by Crippen LogP contribution is 2.23. The number of anilines is 1. The summed E-state index contributed by atoms with van der Waals surface area (Å²) >= 11 is 0. The fourth-order valence-corrected chi connectivity index (χ4v) is 2.99. The maximum atomic E-state index is 12.0. The first-order valence-electron chi connectivity index (χ1n) is 8.73. The van der Waals surface area contributed by atoms with Crippen molar-refractivity contribution in [1.82, 2.24) is 10.6 Å². The summed E-state index contributed by atoms with van der Waals surface area (Å²) in [5.74, 6) is 0.921. The van der Waals surface area contributed by atoms with E-state index in [-0.39, 0.29) is 12.1 Å². The zero-order valence-corrected chi connectivity index (χ0v) is 14.6. The van der Waals surface area contributed by atoms with Gasteiger partial charge in [-0.05, 0) is 36.6 Å². The van der Waals surface area contributed by atoms with E-state index in [4.69, 9.17) is 4.74 Å². The number of hydrogen-bond acceptors (Lipinski definition) is 3. The van der Waals surface area contributed by atoms with Gasteiger partial charge in [0.25, 0.3) is 0 Å². The van der Waals surface area contributed by atoms with E-state index in [1.807, 2.05) is 42.5 Å². The van der Waals surface area contributed by atoms with Gasteiger partial charge in [0.15, 0.2) is 0 Å². The minimum absolute atomic E-state index is 0.0156. The number of para-hydroxylation sites is 2. The quantitative estimate of drug-likeness (QED) is 0.796. The van der Waals surface area contributed by atoms with E-state index in [0.717, 1.165) is 30.7 Å². The Hall–Kier alpha value is -2.69. The van der Waals surface area contributed by atoms with Gasteiger partial charge in [-0.25, -0.2) is 4.79 Å². The maximum absolute atomic E-state index is 12.0. The molecule has 1 heterocycles. The van der Waals surface area contributed by atoms with Gasteiger partial charge in [0.1, 0.15) is 12.4 Å². The van der Waals surface area contributed by atoms with Gasteiger partial charge in [0, 0.05) is 25.8 Å². The molecule has 5 nitrogen and oxygen atoms in total. The molecule has 2 N–H and O–H groups in total. The summed E-state index contributed by atoms with van der Waals surface area (Å²) < 4.78 is 5.69. The number of nitrogens with one attached hydrogen (secondary N) is 2. The van der Waals surface area contributed by atoms with Crippen LogP contribution in [-0.4, -0.2) is 38.8 Å².